The number of hydrogen-bond donors (Lipinski definition) is 2. The van der Waals surface area contributed by atoms with Crippen LogP contribution in [0, 0.1) is 5.92 Å². The molecular weight excluding hydrogens is 525 g/mol. The number of halogens is 3. The molecule has 2 heterocycles. The lowest BCUT2D eigenvalue weighted by Crippen LogP contribution is -2.50. The average Bonchev–Trinajstić information content (AvgIpc) is 3.49. The summed E-state index contributed by atoms with van der Waals surface area (Å²) in [5.41, 5.74) is 1.57. The highest BCUT2D eigenvalue weighted by Gasteiger charge is 2.47. The van der Waals surface area contributed by atoms with E-state index in [1.807, 2.05) is 0 Å². The minimum absolute atomic E-state index is 0.0854. The molecule has 0 bridgehead atoms. The maximum absolute atomic E-state index is 13.5. The summed E-state index contributed by atoms with van der Waals surface area (Å²) in [7, 11) is -3.28. The number of benzene rings is 1. The summed E-state index contributed by atoms with van der Waals surface area (Å²) in [4.78, 5) is 26.6. The van der Waals surface area contributed by atoms with Crippen molar-refractivity contribution in [1.29, 1.82) is 0 Å². The maximum Gasteiger partial charge on any atom is 0.422 e. The van der Waals surface area contributed by atoms with Gasteiger partial charge >= 0.3 is 6.18 Å². The van der Waals surface area contributed by atoms with Gasteiger partial charge in [-0.2, -0.15) is 18.3 Å². The first-order valence-corrected chi connectivity index (χ1v) is 14.6. The second-order valence-corrected chi connectivity index (χ2v) is 12.7. The third-order valence-electron chi connectivity index (χ3n) is 7.31. The Bertz CT molecular complexity index is 1380. The van der Waals surface area contributed by atoms with E-state index in [4.69, 9.17) is 4.74 Å². The van der Waals surface area contributed by atoms with Crippen LogP contribution in [0.2, 0.25) is 0 Å². The van der Waals surface area contributed by atoms with Gasteiger partial charge in [-0.15, -0.1) is 0 Å². The fraction of sp³-hybridized carbons (Fsp3) is 0.560. The van der Waals surface area contributed by atoms with E-state index in [0.29, 0.717) is 37.4 Å². The lowest BCUT2D eigenvalue weighted by Gasteiger charge is -2.35. The van der Waals surface area contributed by atoms with Crippen LogP contribution in [0.25, 0.3) is 0 Å². The molecule has 0 unspecified atom stereocenters. The largest absolute Gasteiger partial charge is 0.484 e. The summed E-state index contributed by atoms with van der Waals surface area (Å²) in [6, 6.07) is 4.73. The second-order valence-electron chi connectivity index (χ2n) is 10.4. The molecule has 206 valence electrons. The number of ether oxygens (including phenoxy) is 1. The second kappa shape index (κ2) is 9.58. The number of rotatable bonds is 9. The molecule has 1 aromatic carbocycles. The van der Waals surface area contributed by atoms with Gasteiger partial charge < -0.3 is 15.4 Å². The zero-order valence-corrected chi connectivity index (χ0v) is 21.7. The van der Waals surface area contributed by atoms with Gasteiger partial charge in [-0.1, -0.05) is 18.9 Å². The molecule has 2 aromatic rings. The van der Waals surface area contributed by atoms with E-state index in [-0.39, 0.29) is 29.3 Å². The molecule has 1 atom stereocenters. The topological polar surface area (TPSA) is 119 Å². The van der Waals surface area contributed by atoms with Crippen LogP contribution in [0.1, 0.15) is 63.4 Å². The zero-order valence-electron chi connectivity index (χ0n) is 20.9. The van der Waals surface area contributed by atoms with Gasteiger partial charge in [-0.3, -0.25) is 14.3 Å². The zero-order chi connectivity index (χ0) is 27.3. The summed E-state index contributed by atoms with van der Waals surface area (Å²) in [6.45, 7) is -1.01. The molecule has 2 amide bonds. The van der Waals surface area contributed by atoms with Crippen LogP contribution < -0.4 is 15.4 Å². The predicted octanol–water partition coefficient (Wildman–Crippen LogP) is 2.53. The number of hydrogen-bond acceptors (Lipinski definition) is 6. The van der Waals surface area contributed by atoms with Gasteiger partial charge in [0.25, 0.3) is 11.8 Å². The van der Waals surface area contributed by atoms with Crippen molar-refractivity contribution in [3.8, 4) is 5.75 Å². The quantitative estimate of drug-likeness (QED) is 0.492. The molecule has 1 saturated carbocycles. The van der Waals surface area contributed by atoms with Crippen LogP contribution in [0.5, 0.6) is 5.75 Å². The Hall–Kier alpha value is -3.09. The standard InChI is InChI=1S/C25H29F3N4O5S/c1-38(35,36)11-9-29-23(34)21-20-19(31-32(21)10-7-15-2-3-15)13-24(30-22(20)33)8-6-16-12-17(4-5-18(16)24)37-14-25(26,27)28/h4-5,12,15H,2-3,6-11,13-14H2,1H3,(H,29,34)(H,30,33)/t24-/m0/s1. The molecule has 38 heavy (non-hydrogen) atoms. The van der Waals surface area contributed by atoms with Crippen molar-refractivity contribution in [1.82, 2.24) is 20.4 Å². The summed E-state index contributed by atoms with van der Waals surface area (Å²) in [6.07, 6.45) is 1.08. The van der Waals surface area contributed by atoms with Crippen LogP contribution in [0.4, 0.5) is 13.2 Å². The SMILES string of the molecule is CS(=O)(=O)CCNC(=O)c1c2c(nn1CCC1CC1)C[C@]1(CCc3cc(OCC(F)(F)F)ccc31)NC2=O. The third-order valence-corrected chi connectivity index (χ3v) is 8.26. The fourth-order valence-corrected chi connectivity index (χ4v) is 5.79. The molecule has 1 aliphatic heterocycles. The fourth-order valence-electron chi connectivity index (χ4n) is 5.32. The van der Waals surface area contributed by atoms with Crippen LogP contribution >= 0.6 is 0 Å². The van der Waals surface area contributed by atoms with Crippen molar-refractivity contribution in [2.45, 2.75) is 56.8 Å². The minimum Gasteiger partial charge on any atom is -0.484 e. The lowest BCUT2D eigenvalue weighted by molar-refractivity contribution is -0.153. The number of amides is 2. The highest BCUT2D eigenvalue weighted by Crippen LogP contribution is 2.44. The summed E-state index contributed by atoms with van der Waals surface area (Å²) in [5, 5.41) is 10.3. The number of nitrogens with zero attached hydrogens (tertiary/aromatic N) is 2. The molecule has 13 heteroatoms. The van der Waals surface area contributed by atoms with Gasteiger partial charge in [-0.25, -0.2) is 8.42 Å². The Kier molecular flexibility index (Phi) is 6.69. The van der Waals surface area contributed by atoms with E-state index in [1.54, 1.807) is 16.8 Å². The van der Waals surface area contributed by atoms with E-state index in [2.05, 4.69) is 15.7 Å². The van der Waals surface area contributed by atoms with E-state index in [0.717, 1.165) is 36.6 Å². The molecule has 0 saturated heterocycles. The predicted molar refractivity (Wildman–Crippen MR) is 131 cm³/mol. The number of carbonyl (C=O) groups excluding carboxylic acids is 2. The van der Waals surface area contributed by atoms with Crippen LogP contribution in [-0.4, -0.2) is 61.3 Å². The van der Waals surface area contributed by atoms with E-state index < -0.39 is 40.0 Å². The minimum atomic E-state index is -4.44. The first kappa shape index (κ1) is 26.5. The Balaban J connectivity index is 1.42. The molecule has 5 rings (SSSR count). The van der Waals surface area contributed by atoms with Gasteiger partial charge in [0, 0.05) is 25.8 Å². The van der Waals surface area contributed by atoms with E-state index in [9.17, 15) is 31.2 Å². The number of fused-ring (bicyclic) bond motifs is 3. The Labute approximate surface area is 218 Å². The number of aromatic nitrogens is 2. The van der Waals surface area contributed by atoms with E-state index >= 15 is 0 Å². The summed E-state index contributed by atoms with van der Waals surface area (Å²) >= 11 is 0. The number of aryl methyl sites for hydroxylation is 2. The highest BCUT2D eigenvalue weighted by atomic mass is 32.2. The lowest BCUT2D eigenvalue weighted by atomic mass is 9.82. The van der Waals surface area contributed by atoms with Crippen molar-refractivity contribution in [2.24, 2.45) is 5.92 Å². The van der Waals surface area contributed by atoms with Crippen molar-refractivity contribution < 1.29 is 35.9 Å². The van der Waals surface area contributed by atoms with Crippen molar-refractivity contribution >= 4 is 21.7 Å². The molecule has 1 fully saturated rings. The highest BCUT2D eigenvalue weighted by molar-refractivity contribution is 7.90. The monoisotopic (exact) mass is 554 g/mol. The van der Waals surface area contributed by atoms with Crippen molar-refractivity contribution in [3.05, 3.63) is 46.3 Å². The van der Waals surface area contributed by atoms with Gasteiger partial charge in [0.1, 0.15) is 21.3 Å². The first-order valence-electron chi connectivity index (χ1n) is 12.5. The van der Waals surface area contributed by atoms with Crippen LogP contribution in [0.3, 0.4) is 0 Å². The summed E-state index contributed by atoms with van der Waals surface area (Å²) < 4.78 is 67.1. The molecule has 3 aliphatic rings. The molecule has 2 N–H and O–H groups in total. The molecular formula is C25H29F3N4O5S. The Morgan fingerprint density at radius 2 is 2.08 bits per heavy atom. The molecule has 1 aromatic heterocycles. The molecule has 9 nitrogen and oxygen atoms in total. The van der Waals surface area contributed by atoms with Crippen LogP contribution in [0.15, 0.2) is 18.2 Å². The Morgan fingerprint density at radius 1 is 1.32 bits per heavy atom. The van der Waals surface area contributed by atoms with Gasteiger partial charge in [0.05, 0.1) is 22.5 Å². The smallest absolute Gasteiger partial charge is 0.422 e. The molecule has 1 spiro atoms. The number of nitrogens with one attached hydrogen (secondary N) is 2. The molecule has 0 radical (unpaired) electrons. The summed E-state index contributed by atoms with van der Waals surface area (Å²) in [5.74, 6) is -0.561. The Morgan fingerprint density at radius 3 is 2.76 bits per heavy atom. The average molecular weight is 555 g/mol. The van der Waals surface area contributed by atoms with Crippen LogP contribution in [-0.2, 0) is 34.8 Å². The molecule has 2 aliphatic carbocycles. The normalized spacial score (nSPS) is 20.7. The first-order chi connectivity index (χ1) is 17.8. The van der Waals surface area contributed by atoms with E-state index in [1.165, 1.54) is 6.07 Å². The van der Waals surface area contributed by atoms with Gasteiger partial charge in [0.2, 0.25) is 0 Å². The number of carbonyl (C=O) groups is 2. The van der Waals surface area contributed by atoms with Crippen molar-refractivity contribution in [3.63, 3.8) is 0 Å². The van der Waals surface area contributed by atoms with Crippen molar-refractivity contribution in [2.75, 3.05) is 25.2 Å². The maximum atomic E-state index is 13.5. The number of sulfone groups is 1. The number of alkyl halides is 3. The third kappa shape index (κ3) is 5.67. The van der Waals surface area contributed by atoms with Gasteiger partial charge in [0.15, 0.2) is 6.61 Å². The van der Waals surface area contributed by atoms with Gasteiger partial charge in [-0.05, 0) is 48.4 Å².